The molecule has 7 nitrogen and oxygen atoms in total. The summed E-state index contributed by atoms with van der Waals surface area (Å²) in [6.45, 7) is 3.73. The molecule has 1 N–H and O–H groups in total. The minimum atomic E-state index is -0.656. The average molecular weight is 347 g/mol. The molecule has 1 unspecified atom stereocenters. The minimum Gasteiger partial charge on any atom is -0.496 e. The molecule has 0 bridgehead atoms. The number of aromatic nitrogens is 2. The largest absolute Gasteiger partial charge is 0.496 e. The lowest BCUT2D eigenvalue weighted by Gasteiger charge is -2.33. The Morgan fingerprint density at radius 2 is 2.04 bits per heavy atom. The molecule has 0 saturated heterocycles. The van der Waals surface area contributed by atoms with Gasteiger partial charge in [0.25, 0.3) is 0 Å². The lowest BCUT2D eigenvalue weighted by Crippen LogP contribution is -2.33. The number of hydrogen-bond donors (Lipinski definition) is 1. The summed E-state index contributed by atoms with van der Waals surface area (Å²) >= 11 is 0. The first-order chi connectivity index (χ1) is 12.2. The second kappa shape index (κ2) is 7.84. The molecule has 2 aromatic rings. The maximum absolute atomic E-state index is 10.6. The van der Waals surface area contributed by atoms with Gasteiger partial charge < -0.3 is 19.1 Å². The zero-order valence-electron chi connectivity index (χ0n) is 15.0. The molecule has 3 rings (SSSR count). The van der Waals surface area contributed by atoms with Gasteiger partial charge in [0, 0.05) is 30.6 Å². The van der Waals surface area contributed by atoms with Crippen LogP contribution in [0.15, 0.2) is 16.7 Å². The summed E-state index contributed by atoms with van der Waals surface area (Å²) in [4.78, 5) is 6.52. The number of nitrogens with zero attached hydrogens (tertiary/aromatic N) is 3. The quantitative estimate of drug-likeness (QED) is 0.824. The van der Waals surface area contributed by atoms with Gasteiger partial charge in [-0.05, 0) is 18.6 Å². The molecule has 2 heterocycles. The molecule has 0 aliphatic carbocycles. The van der Waals surface area contributed by atoms with Crippen LogP contribution in [0.1, 0.15) is 48.7 Å². The molecule has 136 valence electrons. The average Bonchev–Trinajstić information content (AvgIpc) is 3.06. The molecule has 0 spiro atoms. The summed E-state index contributed by atoms with van der Waals surface area (Å²) < 4.78 is 16.2. The van der Waals surface area contributed by atoms with Crippen LogP contribution in [0.25, 0.3) is 0 Å². The molecule has 1 aromatic carbocycles. The SMILES string of the molecule is CCCCc1noc(CN2Cc3c(OC)ccc(OC)c3C(O)C2)n1. The van der Waals surface area contributed by atoms with Crippen molar-refractivity contribution in [1.82, 2.24) is 15.0 Å². The molecule has 0 fully saturated rings. The monoisotopic (exact) mass is 347 g/mol. The lowest BCUT2D eigenvalue weighted by atomic mass is 9.95. The number of ether oxygens (including phenoxy) is 2. The Morgan fingerprint density at radius 3 is 2.76 bits per heavy atom. The van der Waals surface area contributed by atoms with Crippen LogP contribution in [0.5, 0.6) is 11.5 Å². The van der Waals surface area contributed by atoms with E-state index in [4.69, 9.17) is 14.0 Å². The Kier molecular flexibility index (Phi) is 5.55. The van der Waals surface area contributed by atoms with E-state index in [2.05, 4.69) is 22.0 Å². The zero-order chi connectivity index (χ0) is 17.8. The highest BCUT2D eigenvalue weighted by Crippen LogP contribution is 2.39. The normalized spacial score (nSPS) is 17.4. The van der Waals surface area contributed by atoms with E-state index in [1.807, 2.05) is 12.1 Å². The molecular weight excluding hydrogens is 322 g/mol. The van der Waals surface area contributed by atoms with Crippen molar-refractivity contribution in [1.29, 1.82) is 0 Å². The maximum atomic E-state index is 10.6. The molecule has 25 heavy (non-hydrogen) atoms. The molecule has 0 radical (unpaired) electrons. The highest BCUT2D eigenvalue weighted by molar-refractivity contribution is 5.51. The van der Waals surface area contributed by atoms with Crippen molar-refractivity contribution < 1.29 is 19.1 Å². The number of rotatable bonds is 7. The smallest absolute Gasteiger partial charge is 0.240 e. The first-order valence-corrected chi connectivity index (χ1v) is 8.61. The molecular formula is C18H25N3O4. The van der Waals surface area contributed by atoms with Crippen LogP contribution < -0.4 is 9.47 Å². The van der Waals surface area contributed by atoms with Gasteiger partial charge in [-0.2, -0.15) is 4.98 Å². The Bertz CT molecular complexity index is 716. The van der Waals surface area contributed by atoms with Crippen LogP contribution in [0, 0.1) is 0 Å². The number of unbranched alkanes of at least 4 members (excludes halogenated alkanes) is 1. The zero-order valence-corrected chi connectivity index (χ0v) is 15.0. The Balaban J connectivity index is 1.78. The van der Waals surface area contributed by atoms with Gasteiger partial charge in [0.15, 0.2) is 5.82 Å². The fraction of sp³-hybridized carbons (Fsp3) is 0.556. The highest BCUT2D eigenvalue weighted by Gasteiger charge is 2.30. The summed E-state index contributed by atoms with van der Waals surface area (Å²) in [5.74, 6) is 2.74. The summed E-state index contributed by atoms with van der Waals surface area (Å²) in [7, 11) is 3.24. The third kappa shape index (κ3) is 3.77. The summed E-state index contributed by atoms with van der Waals surface area (Å²) in [6, 6.07) is 3.69. The summed E-state index contributed by atoms with van der Waals surface area (Å²) in [5.41, 5.74) is 1.73. The topological polar surface area (TPSA) is 80.9 Å². The van der Waals surface area contributed by atoms with Crippen LogP contribution in [0.3, 0.4) is 0 Å². The Hall–Kier alpha value is -2.12. The second-order valence-corrected chi connectivity index (χ2v) is 6.26. The van der Waals surface area contributed by atoms with E-state index >= 15 is 0 Å². The van der Waals surface area contributed by atoms with E-state index in [-0.39, 0.29) is 0 Å². The van der Waals surface area contributed by atoms with Crippen LogP contribution in [-0.4, -0.2) is 40.9 Å². The van der Waals surface area contributed by atoms with Gasteiger partial charge in [-0.25, -0.2) is 0 Å². The van der Waals surface area contributed by atoms with Crippen LogP contribution in [-0.2, 0) is 19.5 Å². The fourth-order valence-corrected chi connectivity index (χ4v) is 3.25. The number of methoxy groups -OCH3 is 2. The van der Waals surface area contributed by atoms with Crippen LogP contribution >= 0.6 is 0 Å². The summed E-state index contributed by atoms with van der Waals surface area (Å²) in [5, 5.41) is 14.6. The van der Waals surface area contributed by atoms with Gasteiger partial charge in [-0.15, -0.1) is 0 Å². The number of aryl methyl sites for hydroxylation is 1. The molecule has 0 amide bonds. The molecule has 7 heteroatoms. The predicted octanol–water partition coefficient (Wildman–Crippen LogP) is 2.48. The van der Waals surface area contributed by atoms with Crippen LogP contribution in [0.4, 0.5) is 0 Å². The highest BCUT2D eigenvalue weighted by atomic mass is 16.5. The first kappa shape index (κ1) is 17.7. The predicted molar refractivity (Wildman–Crippen MR) is 91.5 cm³/mol. The molecule has 1 atom stereocenters. The van der Waals surface area contributed by atoms with Crippen molar-refractivity contribution >= 4 is 0 Å². The van der Waals surface area contributed by atoms with Crippen molar-refractivity contribution in [2.45, 2.75) is 45.4 Å². The molecule has 1 aliphatic heterocycles. The first-order valence-electron chi connectivity index (χ1n) is 8.61. The lowest BCUT2D eigenvalue weighted by molar-refractivity contribution is 0.0779. The number of β-amino-alcohol motifs (C(OH)–C–C–N with tert-alkyl or cyclic N) is 1. The van der Waals surface area contributed by atoms with E-state index in [0.29, 0.717) is 31.3 Å². The number of fused-ring (bicyclic) bond motifs is 1. The Labute approximate surface area is 147 Å². The van der Waals surface area contributed by atoms with Crippen molar-refractivity contribution in [2.75, 3.05) is 20.8 Å². The van der Waals surface area contributed by atoms with Gasteiger partial charge in [-0.1, -0.05) is 18.5 Å². The number of benzene rings is 1. The summed E-state index contributed by atoms with van der Waals surface area (Å²) in [6.07, 6.45) is 2.32. The van der Waals surface area contributed by atoms with Gasteiger partial charge in [0.2, 0.25) is 5.89 Å². The number of aliphatic hydroxyl groups is 1. The van der Waals surface area contributed by atoms with Gasteiger partial charge >= 0.3 is 0 Å². The van der Waals surface area contributed by atoms with Crippen LogP contribution in [0.2, 0.25) is 0 Å². The number of hydrogen-bond acceptors (Lipinski definition) is 7. The molecule has 1 aromatic heterocycles. The van der Waals surface area contributed by atoms with E-state index in [0.717, 1.165) is 42.0 Å². The molecule has 1 aliphatic rings. The van der Waals surface area contributed by atoms with Gasteiger partial charge in [0.05, 0.1) is 26.9 Å². The standard InChI is InChI=1S/C18H25N3O4/c1-4-5-6-16-19-17(25-20-16)11-21-9-12-14(23-2)7-8-15(24-3)18(12)13(22)10-21/h7-8,13,22H,4-6,9-11H2,1-3H3. The minimum absolute atomic E-state index is 0.475. The van der Waals surface area contributed by atoms with Crippen molar-refractivity contribution in [3.8, 4) is 11.5 Å². The van der Waals surface area contributed by atoms with Crippen molar-refractivity contribution in [3.05, 3.63) is 35.0 Å². The molecule has 0 saturated carbocycles. The van der Waals surface area contributed by atoms with E-state index in [1.54, 1.807) is 14.2 Å². The van der Waals surface area contributed by atoms with Crippen molar-refractivity contribution in [2.24, 2.45) is 0 Å². The third-order valence-electron chi connectivity index (χ3n) is 4.48. The maximum Gasteiger partial charge on any atom is 0.240 e. The third-order valence-corrected chi connectivity index (χ3v) is 4.48. The Morgan fingerprint density at radius 1 is 1.28 bits per heavy atom. The second-order valence-electron chi connectivity index (χ2n) is 6.26. The van der Waals surface area contributed by atoms with E-state index in [1.165, 1.54) is 0 Å². The van der Waals surface area contributed by atoms with E-state index < -0.39 is 6.10 Å². The van der Waals surface area contributed by atoms with Gasteiger partial charge in [-0.3, -0.25) is 4.90 Å². The van der Waals surface area contributed by atoms with Gasteiger partial charge in [0.1, 0.15) is 11.5 Å². The fourth-order valence-electron chi connectivity index (χ4n) is 3.25. The number of aliphatic hydroxyl groups excluding tert-OH is 1. The van der Waals surface area contributed by atoms with Crippen molar-refractivity contribution in [3.63, 3.8) is 0 Å². The van der Waals surface area contributed by atoms with E-state index in [9.17, 15) is 5.11 Å².